The van der Waals surface area contributed by atoms with Gasteiger partial charge >= 0.3 is 6.03 Å². The minimum Gasteiger partial charge on any atom is -0.396 e. The second-order valence-electron chi connectivity index (χ2n) is 9.14. The van der Waals surface area contributed by atoms with Crippen LogP contribution in [0.4, 0.5) is 20.7 Å². The summed E-state index contributed by atoms with van der Waals surface area (Å²) in [5.41, 5.74) is 1.83. The molecule has 0 bridgehead atoms. The molecule has 12 heteroatoms. The van der Waals surface area contributed by atoms with E-state index in [-0.39, 0.29) is 24.9 Å². The summed E-state index contributed by atoms with van der Waals surface area (Å²) in [4.78, 5) is 23.6. The largest absolute Gasteiger partial charge is 0.396 e. The molecule has 5 N–H and O–H groups in total. The smallest absolute Gasteiger partial charge is 0.319 e. The number of aromatic nitrogens is 2. The third kappa shape index (κ3) is 5.73. The molecule has 1 aliphatic carbocycles. The van der Waals surface area contributed by atoms with Gasteiger partial charge in [-0.3, -0.25) is 9.11 Å². The molecule has 1 aromatic heterocycles. The number of anilines is 2. The lowest BCUT2D eigenvalue weighted by Gasteiger charge is -2.41. The first-order valence-corrected chi connectivity index (χ1v) is 13.8. The molecule has 10 nitrogen and oxygen atoms in total. The average Bonchev–Trinajstić information content (AvgIpc) is 3.70. The summed E-state index contributed by atoms with van der Waals surface area (Å²) in [5.74, 6) is 1.26. The van der Waals surface area contributed by atoms with Gasteiger partial charge in [-0.25, -0.2) is 19.2 Å². The summed E-state index contributed by atoms with van der Waals surface area (Å²) in [6, 6.07) is 8.42. The molecule has 2 fully saturated rings. The third-order valence-corrected chi connectivity index (χ3v) is 9.27. The number of morpholine rings is 1. The first kappa shape index (κ1) is 26.6. The number of hydrogen-bond acceptors (Lipinski definition) is 8. The van der Waals surface area contributed by atoms with Crippen LogP contribution in [-0.4, -0.2) is 81.6 Å². The van der Waals surface area contributed by atoms with Crippen molar-refractivity contribution in [3.05, 3.63) is 36.0 Å². The molecule has 1 aromatic carbocycles. The van der Waals surface area contributed by atoms with Crippen LogP contribution in [0.1, 0.15) is 31.9 Å². The number of amides is 2. The second kappa shape index (κ2) is 11.3. The fourth-order valence-electron chi connectivity index (χ4n) is 4.38. The van der Waals surface area contributed by atoms with Crippen molar-refractivity contribution in [3.63, 3.8) is 0 Å². The molecule has 36 heavy (non-hydrogen) atoms. The molecule has 2 heterocycles. The molecule has 1 saturated heterocycles. The summed E-state index contributed by atoms with van der Waals surface area (Å²) < 4.78 is 39.1. The molecule has 2 aliphatic rings. The van der Waals surface area contributed by atoms with Gasteiger partial charge in [-0.2, -0.15) is 10.6 Å². The minimum atomic E-state index is -3.03. The second-order valence-corrected chi connectivity index (χ2v) is 11.7. The van der Waals surface area contributed by atoms with Crippen molar-refractivity contribution in [3.8, 4) is 11.4 Å². The van der Waals surface area contributed by atoms with Crippen LogP contribution in [0.2, 0.25) is 0 Å². The standard InChI is InChI=1S/C24H34FN5O5S/c1-17-16-35-13-11-30(17)21-15-20(24(7-8-24)36(33,34)14-2-12-31)28-22(29-21)18-3-5-19(6-4-18)27-23(32)26-10-9-25/h3-6,15,17,31,33-34H,2,7-14,16H2,1H3,(H2,26,27,32)/t17-/m0/s1. The van der Waals surface area contributed by atoms with Gasteiger partial charge in [0.25, 0.3) is 0 Å². The van der Waals surface area contributed by atoms with E-state index in [0.29, 0.717) is 67.6 Å². The van der Waals surface area contributed by atoms with E-state index in [0.717, 1.165) is 0 Å². The quantitative estimate of drug-likeness (QED) is 0.318. The Morgan fingerprint density at radius 3 is 2.67 bits per heavy atom. The lowest BCUT2D eigenvalue weighted by Crippen LogP contribution is -2.44. The highest BCUT2D eigenvalue weighted by Crippen LogP contribution is 2.71. The van der Waals surface area contributed by atoms with Crippen molar-refractivity contribution < 1.29 is 28.1 Å². The highest BCUT2D eigenvalue weighted by molar-refractivity contribution is 8.25. The van der Waals surface area contributed by atoms with Gasteiger partial charge in [-0.1, -0.05) is 0 Å². The zero-order chi connectivity index (χ0) is 25.8. The average molecular weight is 524 g/mol. The molecule has 4 rings (SSSR count). The van der Waals surface area contributed by atoms with E-state index in [1.165, 1.54) is 0 Å². The minimum absolute atomic E-state index is 0.0630. The summed E-state index contributed by atoms with van der Waals surface area (Å²) in [6.45, 7) is 3.03. The molecule has 0 spiro atoms. The topological polar surface area (TPSA) is 140 Å². The fourth-order valence-corrected chi connectivity index (χ4v) is 6.49. The van der Waals surface area contributed by atoms with Crippen molar-refractivity contribution in [2.45, 2.75) is 37.0 Å². The van der Waals surface area contributed by atoms with Crippen LogP contribution in [0.25, 0.3) is 11.4 Å². The number of halogens is 1. The number of ether oxygens (including phenoxy) is 1. The number of hydrogen-bond donors (Lipinski definition) is 5. The Labute approximate surface area is 211 Å². The van der Waals surface area contributed by atoms with Crippen molar-refractivity contribution in [1.82, 2.24) is 15.3 Å². The number of benzene rings is 1. The lowest BCUT2D eigenvalue weighted by atomic mass is 10.1. The Hall–Kier alpha value is -2.51. The Bertz CT molecular complexity index is 1050. The van der Waals surface area contributed by atoms with E-state index in [9.17, 15) is 23.4 Å². The van der Waals surface area contributed by atoms with Gasteiger partial charge in [0.2, 0.25) is 0 Å². The predicted octanol–water partition coefficient (Wildman–Crippen LogP) is 3.58. The summed E-state index contributed by atoms with van der Waals surface area (Å²) in [6.07, 6.45) is 1.51. The molecular weight excluding hydrogens is 489 g/mol. The van der Waals surface area contributed by atoms with Crippen LogP contribution < -0.4 is 15.5 Å². The van der Waals surface area contributed by atoms with Crippen molar-refractivity contribution in [1.29, 1.82) is 0 Å². The lowest BCUT2D eigenvalue weighted by molar-refractivity contribution is 0.0985. The monoisotopic (exact) mass is 523 g/mol. The molecule has 1 atom stereocenters. The molecule has 0 unspecified atom stereocenters. The van der Waals surface area contributed by atoms with Crippen molar-refractivity contribution in [2.75, 3.05) is 55.6 Å². The SMILES string of the molecule is C[C@H]1COCCN1c1cc(C2(S(O)(O)CCCO)CC2)nc(-c2ccc(NC(=O)NCCF)cc2)n1. The normalized spacial score (nSPS) is 19.6. The van der Waals surface area contributed by atoms with Crippen LogP contribution in [0.3, 0.4) is 0 Å². The first-order chi connectivity index (χ1) is 17.3. The Morgan fingerprint density at radius 1 is 1.28 bits per heavy atom. The molecule has 1 aliphatic heterocycles. The fraction of sp³-hybridized carbons (Fsp3) is 0.542. The molecule has 2 aromatic rings. The number of nitrogens with zero attached hydrogens (tertiary/aromatic N) is 3. The van der Waals surface area contributed by atoms with Gasteiger partial charge in [-0.05, 0) is 50.5 Å². The molecule has 1 saturated carbocycles. The van der Waals surface area contributed by atoms with Crippen LogP contribution in [0, 0.1) is 0 Å². The van der Waals surface area contributed by atoms with E-state index in [1.54, 1.807) is 24.3 Å². The number of urea groups is 1. The van der Waals surface area contributed by atoms with Gasteiger partial charge in [0, 0.05) is 42.8 Å². The van der Waals surface area contributed by atoms with E-state index >= 15 is 0 Å². The number of nitrogens with one attached hydrogen (secondary N) is 2. The zero-order valence-corrected chi connectivity index (χ0v) is 21.1. The zero-order valence-electron chi connectivity index (χ0n) is 20.3. The molecule has 198 valence electrons. The van der Waals surface area contributed by atoms with E-state index in [2.05, 4.69) is 22.5 Å². The first-order valence-electron chi connectivity index (χ1n) is 12.1. The maximum Gasteiger partial charge on any atom is 0.319 e. The Kier molecular flexibility index (Phi) is 8.30. The van der Waals surface area contributed by atoms with Gasteiger partial charge in [-0.15, -0.1) is 0 Å². The van der Waals surface area contributed by atoms with Gasteiger partial charge in [0.05, 0.1) is 24.9 Å². The number of rotatable bonds is 10. The Morgan fingerprint density at radius 2 is 2.03 bits per heavy atom. The highest BCUT2D eigenvalue weighted by Gasteiger charge is 2.56. The van der Waals surface area contributed by atoms with Gasteiger partial charge in [0.15, 0.2) is 5.82 Å². The van der Waals surface area contributed by atoms with E-state index in [1.807, 2.05) is 6.07 Å². The maximum absolute atomic E-state index is 12.3. The van der Waals surface area contributed by atoms with Crippen LogP contribution in [-0.2, 0) is 9.48 Å². The third-order valence-electron chi connectivity index (χ3n) is 6.54. The van der Waals surface area contributed by atoms with E-state index < -0.39 is 28.0 Å². The molecule has 2 amide bonds. The number of aliphatic hydroxyl groups excluding tert-OH is 1. The van der Waals surface area contributed by atoms with Crippen molar-refractivity contribution >= 4 is 28.1 Å². The van der Waals surface area contributed by atoms with Crippen LogP contribution >= 0.6 is 10.6 Å². The maximum atomic E-state index is 12.3. The number of aliphatic hydroxyl groups is 1. The number of alkyl halides is 1. The van der Waals surface area contributed by atoms with E-state index in [4.69, 9.17) is 14.7 Å². The van der Waals surface area contributed by atoms with Crippen LogP contribution in [0.5, 0.6) is 0 Å². The Balaban J connectivity index is 1.67. The van der Waals surface area contributed by atoms with Crippen LogP contribution in [0.15, 0.2) is 30.3 Å². The summed E-state index contributed by atoms with van der Waals surface area (Å²) >= 11 is 0. The predicted molar refractivity (Wildman–Crippen MR) is 138 cm³/mol. The number of carbonyl (C=O) groups is 1. The summed E-state index contributed by atoms with van der Waals surface area (Å²) in [5, 5.41) is 14.3. The van der Waals surface area contributed by atoms with Gasteiger partial charge < -0.3 is 25.4 Å². The molecular formula is C24H34FN5O5S. The van der Waals surface area contributed by atoms with Crippen molar-refractivity contribution in [2.24, 2.45) is 0 Å². The number of carbonyl (C=O) groups excluding carboxylic acids is 1. The molecule has 0 radical (unpaired) electrons. The highest BCUT2D eigenvalue weighted by atomic mass is 32.3. The summed E-state index contributed by atoms with van der Waals surface area (Å²) in [7, 11) is -3.03. The van der Waals surface area contributed by atoms with Gasteiger partial charge in [0.1, 0.15) is 17.2 Å².